The molecule has 5 heteroatoms. The number of benzene rings is 1. The number of rotatable bonds is 9. The first kappa shape index (κ1) is 22.5. The zero-order valence-corrected chi connectivity index (χ0v) is 19.6. The molecule has 4 rings (SSSR count). The fourth-order valence-corrected chi connectivity index (χ4v) is 3.84. The van der Waals surface area contributed by atoms with E-state index in [1.54, 1.807) is 10.8 Å². The second-order valence-corrected chi connectivity index (χ2v) is 8.12. The van der Waals surface area contributed by atoms with Gasteiger partial charge in [0.05, 0.1) is 11.4 Å². The van der Waals surface area contributed by atoms with Crippen molar-refractivity contribution in [3.8, 4) is 17.2 Å². The molecule has 0 aliphatic heterocycles. The van der Waals surface area contributed by atoms with Gasteiger partial charge in [-0.1, -0.05) is 81.3 Å². The Hall–Kier alpha value is -3.73. The van der Waals surface area contributed by atoms with Gasteiger partial charge in [-0.15, -0.1) is 0 Å². The van der Waals surface area contributed by atoms with Crippen molar-refractivity contribution >= 4 is 16.7 Å². The molecule has 0 atom stereocenters. The molecular weight excluding hydrogens is 408 g/mol. The van der Waals surface area contributed by atoms with Crippen LogP contribution >= 0.6 is 0 Å². The van der Waals surface area contributed by atoms with Crippen molar-refractivity contribution < 1.29 is 4.42 Å². The summed E-state index contributed by atoms with van der Waals surface area (Å²) in [5, 5.41) is 4.75. The molecule has 0 aliphatic carbocycles. The highest BCUT2D eigenvalue weighted by molar-refractivity contribution is 5.81. The summed E-state index contributed by atoms with van der Waals surface area (Å²) in [5.74, 6) is 1.40. The molecule has 0 amide bonds. The molecule has 0 radical (unpaired) electrons. The van der Waals surface area contributed by atoms with Crippen molar-refractivity contribution in [1.82, 2.24) is 19.7 Å². The van der Waals surface area contributed by atoms with Gasteiger partial charge < -0.3 is 4.42 Å². The predicted octanol–water partition coefficient (Wildman–Crippen LogP) is 7.26. The van der Waals surface area contributed by atoms with E-state index in [1.165, 1.54) is 5.56 Å². The summed E-state index contributed by atoms with van der Waals surface area (Å²) in [7, 11) is 0. The standard InChI is InChI=1S/C28H30N4O/c1-5-8-9-14-21(11-6-2)26-19-25-27(33-26)24(12-7-3)29-28(30-25)32-17-16-23(31-32)22-15-10-13-20(4)18-22/h5,8-10,13-19H,1,6-7,11-12H2,2-4H3/b9-8-,21-14+. The van der Waals surface area contributed by atoms with Gasteiger partial charge in [-0.05, 0) is 37.5 Å². The van der Waals surface area contributed by atoms with E-state index in [-0.39, 0.29) is 0 Å². The maximum atomic E-state index is 6.29. The van der Waals surface area contributed by atoms with Crippen LogP contribution in [0.15, 0.2) is 77.9 Å². The van der Waals surface area contributed by atoms with Crippen molar-refractivity contribution in [3.05, 3.63) is 90.5 Å². The van der Waals surface area contributed by atoms with Gasteiger partial charge in [-0.25, -0.2) is 14.6 Å². The fourth-order valence-electron chi connectivity index (χ4n) is 3.84. The molecule has 0 saturated carbocycles. The molecule has 33 heavy (non-hydrogen) atoms. The van der Waals surface area contributed by atoms with E-state index in [9.17, 15) is 0 Å². The smallest absolute Gasteiger partial charge is 0.251 e. The first-order valence-corrected chi connectivity index (χ1v) is 11.5. The second-order valence-electron chi connectivity index (χ2n) is 8.12. The van der Waals surface area contributed by atoms with Crippen LogP contribution in [-0.4, -0.2) is 19.7 Å². The number of furan rings is 1. The van der Waals surface area contributed by atoms with Gasteiger partial charge >= 0.3 is 0 Å². The van der Waals surface area contributed by atoms with E-state index in [0.29, 0.717) is 5.95 Å². The summed E-state index contributed by atoms with van der Waals surface area (Å²) in [6.45, 7) is 10.1. The van der Waals surface area contributed by atoms with Crippen LogP contribution in [0.25, 0.3) is 33.9 Å². The summed E-state index contributed by atoms with van der Waals surface area (Å²) < 4.78 is 8.04. The van der Waals surface area contributed by atoms with Gasteiger partial charge in [-0.3, -0.25) is 0 Å². The van der Waals surface area contributed by atoms with Gasteiger partial charge in [0.2, 0.25) is 0 Å². The zero-order valence-electron chi connectivity index (χ0n) is 19.6. The number of fused-ring (bicyclic) bond motifs is 1. The van der Waals surface area contributed by atoms with Crippen molar-refractivity contribution in [3.63, 3.8) is 0 Å². The number of nitrogens with zero attached hydrogens (tertiary/aromatic N) is 4. The lowest BCUT2D eigenvalue weighted by Gasteiger charge is -2.04. The summed E-state index contributed by atoms with van der Waals surface area (Å²) in [4.78, 5) is 9.64. The van der Waals surface area contributed by atoms with Gasteiger partial charge in [0.25, 0.3) is 5.95 Å². The Bertz CT molecular complexity index is 1320. The van der Waals surface area contributed by atoms with Gasteiger partial charge in [0.1, 0.15) is 11.3 Å². The van der Waals surface area contributed by atoms with Crippen molar-refractivity contribution in [1.29, 1.82) is 0 Å². The van der Waals surface area contributed by atoms with Crippen LogP contribution < -0.4 is 0 Å². The molecule has 0 bridgehead atoms. The molecule has 0 N–H and O–H groups in total. The topological polar surface area (TPSA) is 56.7 Å². The average molecular weight is 439 g/mol. The molecule has 0 fully saturated rings. The van der Waals surface area contributed by atoms with Gasteiger partial charge in [-0.2, -0.15) is 5.10 Å². The normalized spacial score (nSPS) is 12.2. The van der Waals surface area contributed by atoms with E-state index in [4.69, 9.17) is 19.5 Å². The Morgan fingerprint density at radius 3 is 2.73 bits per heavy atom. The van der Waals surface area contributed by atoms with Crippen LogP contribution in [0.3, 0.4) is 0 Å². The Kier molecular flexibility index (Phi) is 6.98. The Morgan fingerprint density at radius 2 is 1.97 bits per heavy atom. The van der Waals surface area contributed by atoms with Crippen LogP contribution in [0.4, 0.5) is 0 Å². The number of aryl methyl sites for hydroxylation is 2. The van der Waals surface area contributed by atoms with Gasteiger partial charge in [0, 0.05) is 17.8 Å². The quantitative estimate of drug-likeness (QED) is 0.258. The van der Waals surface area contributed by atoms with Crippen molar-refractivity contribution in [2.24, 2.45) is 0 Å². The minimum Gasteiger partial charge on any atom is -0.453 e. The Morgan fingerprint density at radius 1 is 1.09 bits per heavy atom. The largest absolute Gasteiger partial charge is 0.453 e. The first-order chi connectivity index (χ1) is 16.1. The number of hydrogen-bond acceptors (Lipinski definition) is 4. The lowest BCUT2D eigenvalue weighted by Crippen LogP contribution is -2.05. The third kappa shape index (κ3) is 5.03. The Labute approximate surface area is 195 Å². The van der Waals surface area contributed by atoms with Crippen LogP contribution in [0.5, 0.6) is 0 Å². The highest BCUT2D eigenvalue weighted by Crippen LogP contribution is 2.29. The highest BCUT2D eigenvalue weighted by Gasteiger charge is 2.17. The van der Waals surface area contributed by atoms with Crippen molar-refractivity contribution in [2.75, 3.05) is 0 Å². The van der Waals surface area contributed by atoms with Crippen LogP contribution in [-0.2, 0) is 6.42 Å². The highest BCUT2D eigenvalue weighted by atomic mass is 16.3. The molecule has 3 heterocycles. The third-order valence-corrected chi connectivity index (χ3v) is 5.41. The molecule has 0 saturated heterocycles. The molecular formula is C28H30N4O. The number of aromatic nitrogens is 4. The van der Waals surface area contributed by atoms with E-state index in [0.717, 1.165) is 65.1 Å². The fraction of sp³-hybridized carbons (Fsp3) is 0.250. The molecule has 5 nitrogen and oxygen atoms in total. The van der Waals surface area contributed by atoms with Crippen LogP contribution in [0, 0.1) is 6.92 Å². The second kappa shape index (κ2) is 10.3. The predicted molar refractivity (Wildman–Crippen MR) is 135 cm³/mol. The first-order valence-electron chi connectivity index (χ1n) is 11.5. The minimum atomic E-state index is 0.560. The zero-order chi connectivity index (χ0) is 23.2. The van der Waals surface area contributed by atoms with Crippen LogP contribution in [0.1, 0.15) is 50.1 Å². The summed E-state index contributed by atoms with van der Waals surface area (Å²) in [5.41, 5.74) is 6.80. The molecule has 1 aromatic carbocycles. The molecule has 168 valence electrons. The monoisotopic (exact) mass is 438 g/mol. The average Bonchev–Trinajstić information content (AvgIpc) is 3.46. The molecule has 4 aromatic rings. The molecule has 0 aliphatic rings. The van der Waals surface area contributed by atoms with Crippen LogP contribution in [0.2, 0.25) is 0 Å². The summed E-state index contributed by atoms with van der Waals surface area (Å²) >= 11 is 0. The number of allylic oxidation sites excluding steroid dienone is 5. The maximum absolute atomic E-state index is 6.29. The van der Waals surface area contributed by atoms with Crippen molar-refractivity contribution in [2.45, 2.75) is 46.5 Å². The Balaban J connectivity index is 1.77. The van der Waals surface area contributed by atoms with E-state index < -0.39 is 0 Å². The SMILES string of the molecule is C=C/C=C\C=C(/CCC)c1cc2nc(-n3ccc(-c4cccc(C)c4)n3)nc(CCC)c2o1. The molecule has 3 aromatic heterocycles. The van der Waals surface area contributed by atoms with Gasteiger partial charge in [0.15, 0.2) is 5.58 Å². The molecule has 0 unspecified atom stereocenters. The third-order valence-electron chi connectivity index (χ3n) is 5.41. The minimum absolute atomic E-state index is 0.560. The lowest BCUT2D eigenvalue weighted by atomic mass is 10.1. The molecule has 0 spiro atoms. The van der Waals surface area contributed by atoms with E-state index >= 15 is 0 Å². The number of hydrogen-bond donors (Lipinski definition) is 0. The summed E-state index contributed by atoms with van der Waals surface area (Å²) in [6, 6.07) is 12.3. The van der Waals surface area contributed by atoms with E-state index in [2.05, 4.69) is 51.6 Å². The maximum Gasteiger partial charge on any atom is 0.251 e. The lowest BCUT2D eigenvalue weighted by molar-refractivity contribution is 0.585. The van der Waals surface area contributed by atoms with E-state index in [1.807, 2.05) is 36.5 Å². The summed E-state index contributed by atoms with van der Waals surface area (Å²) in [6.07, 6.45) is 13.4.